The number of carbonyl (C=O) groups is 2. The molecular formula is C30H32ClF2N3O4S. The summed E-state index contributed by atoms with van der Waals surface area (Å²) < 4.78 is 55.1. The molecule has 1 aliphatic carbocycles. The van der Waals surface area contributed by atoms with Gasteiger partial charge in [-0.2, -0.15) is 0 Å². The second kappa shape index (κ2) is 13.4. The first-order valence-corrected chi connectivity index (χ1v) is 15.6. The summed E-state index contributed by atoms with van der Waals surface area (Å²) in [5.41, 5.74) is 0.923. The first-order chi connectivity index (χ1) is 19.5. The molecule has 1 aliphatic rings. The Morgan fingerprint density at radius 2 is 1.63 bits per heavy atom. The summed E-state index contributed by atoms with van der Waals surface area (Å²) in [6, 6.07) is 17.2. The van der Waals surface area contributed by atoms with Crippen molar-refractivity contribution < 1.29 is 26.8 Å². The highest BCUT2D eigenvalue weighted by Crippen LogP contribution is 2.26. The molecule has 218 valence electrons. The average Bonchev–Trinajstić information content (AvgIpc) is 3.44. The standard InChI is InChI=1S/C30H32ClF2N3O4S/c1-41(39,40)36(24-15-16-27(33)25(31)18-24)20-29(37)35(19-22-11-5-8-14-26(22)32)28(17-21-9-3-2-4-10-21)30(38)34-23-12-6-7-13-23/h2-5,8-11,14-16,18,23,28H,6-7,12-13,17,19-20H2,1H3,(H,34,38)/t28-/m0/s1. The maximum Gasteiger partial charge on any atom is 0.244 e. The fourth-order valence-corrected chi connectivity index (χ4v) is 6.00. The van der Waals surface area contributed by atoms with Crippen molar-refractivity contribution in [1.82, 2.24) is 10.2 Å². The number of hydrogen-bond acceptors (Lipinski definition) is 4. The van der Waals surface area contributed by atoms with Crippen LogP contribution in [0.2, 0.25) is 5.02 Å². The number of hydrogen-bond donors (Lipinski definition) is 1. The van der Waals surface area contributed by atoms with Crippen molar-refractivity contribution in [3.8, 4) is 0 Å². The van der Waals surface area contributed by atoms with Crippen molar-refractivity contribution in [2.24, 2.45) is 0 Å². The second-order valence-electron chi connectivity index (χ2n) is 10.2. The van der Waals surface area contributed by atoms with E-state index in [0.717, 1.165) is 53.9 Å². The number of benzene rings is 3. The summed E-state index contributed by atoms with van der Waals surface area (Å²) in [6.45, 7) is -0.986. The third-order valence-electron chi connectivity index (χ3n) is 7.14. The average molecular weight is 604 g/mol. The maximum absolute atomic E-state index is 14.8. The van der Waals surface area contributed by atoms with Gasteiger partial charge in [0.05, 0.1) is 17.0 Å². The Morgan fingerprint density at radius 1 is 0.976 bits per heavy atom. The van der Waals surface area contributed by atoms with E-state index < -0.39 is 46.1 Å². The zero-order valence-electron chi connectivity index (χ0n) is 22.6. The van der Waals surface area contributed by atoms with Crippen LogP contribution in [0.5, 0.6) is 0 Å². The van der Waals surface area contributed by atoms with Gasteiger partial charge in [-0.3, -0.25) is 13.9 Å². The summed E-state index contributed by atoms with van der Waals surface area (Å²) in [6.07, 6.45) is 4.63. The van der Waals surface area contributed by atoms with E-state index in [2.05, 4.69) is 5.32 Å². The molecular weight excluding hydrogens is 572 g/mol. The quantitative estimate of drug-likeness (QED) is 0.331. The minimum absolute atomic E-state index is 0.0203. The van der Waals surface area contributed by atoms with E-state index in [0.29, 0.717) is 0 Å². The van der Waals surface area contributed by atoms with Crippen molar-refractivity contribution in [2.75, 3.05) is 17.1 Å². The smallest absolute Gasteiger partial charge is 0.244 e. The number of anilines is 1. The number of nitrogens with zero attached hydrogens (tertiary/aromatic N) is 2. The molecule has 1 saturated carbocycles. The summed E-state index contributed by atoms with van der Waals surface area (Å²) in [5.74, 6) is -2.45. The van der Waals surface area contributed by atoms with Crippen molar-refractivity contribution in [3.63, 3.8) is 0 Å². The Labute approximate surface area is 244 Å². The Morgan fingerprint density at radius 3 is 2.27 bits per heavy atom. The molecule has 0 bridgehead atoms. The second-order valence-corrected chi connectivity index (χ2v) is 12.5. The van der Waals surface area contributed by atoms with E-state index in [1.807, 2.05) is 30.3 Å². The highest BCUT2D eigenvalue weighted by atomic mass is 35.5. The molecule has 0 saturated heterocycles. The molecule has 4 rings (SSSR count). The molecule has 1 atom stereocenters. The molecule has 0 radical (unpaired) electrons. The van der Waals surface area contributed by atoms with Crippen molar-refractivity contribution in [1.29, 1.82) is 0 Å². The van der Waals surface area contributed by atoms with Gasteiger partial charge in [0.15, 0.2) is 0 Å². The van der Waals surface area contributed by atoms with Crippen molar-refractivity contribution in [3.05, 3.63) is 101 Å². The van der Waals surface area contributed by atoms with E-state index in [9.17, 15) is 26.8 Å². The van der Waals surface area contributed by atoms with Gasteiger partial charge in [-0.15, -0.1) is 0 Å². The van der Waals surface area contributed by atoms with Crippen molar-refractivity contribution >= 4 is 39.1 Å². The Hall–Kier alpha value is -3.50. The molecule has 0 aromatic heterocycles. The Kier molecular flexibility index (Phi) is 9.99. The van der Waals surface area contributed by atoms with Gasteiger partial charge in [-0.1, -0.05) is 73.0 Å². The number of rotatable bonds is 11. The number of carbonyl (C=O) groups excluding carboxylic acids is 2. The maximum atomic E-state index is 14.8. The fourth-order valence-electron chi connectivity index (χ4n) is 4.99. The predicted octanol–water partition coefficient (Wildman–Crippen LogP) is 5.08. The van der Waals surface area contributed by atoms with Crippen LogP contribution < -0.4 is 9.62 Å². The lowest BCUT2D eigenvalue weighted by molar-refractivity contribution is -0.140. The molecule has 3 aromatic rings. The van der Waals surface area contributed by atoms with Crippen LogP contribution in [-0.4, -0.2) is 50.0 Å². The predicted molar refractivity (Wildman–Crippen MR) is 155 cm³/mol. The highest BCUT2D eigenvalue weighted by molar-refractivity contribution is 7.92. The molecule has 1 fully saturated rings. The van der Waals surface area contributed by atoms with E-state index in [4.69, 9.17) is 11.6 Å². The van der Waals surface area contributed by atoms with Crippen LogP contribution in [0.25, 0.3) is 0 Å². The van der Waals surface area contributed by atoms with E-state index in [-0.39, 0.29) is 35.3 Å². The highest BCUT2D eigenvalue weighted by Gasteiger charge is 2.34. The minimum atomic E-state index is -4.05. The molecule has 2 amide bonds. The molecule has 7 nitrogen and oxygen atoms in total. The zero-order chi connectivity index (χ0) is 29.6. The van der Waals surface area contributed by atoms with Crippen LogP contribution in [0.15, 0.2) is 72.8 Å². The van der Waals surface area contributed by atoms with Gasteiger partial charge in [0.25, 0.3) is 0 Å². The first kappa shape index (κ1) is 30.5. The van der Waals surface area contributed by atoms with Gasteiger partial charge in [-0.05, 0) is 42.7 Å². The molecule has 0 heterocycles. The third kappa shape index (κ3) is 8.04. The van der Waals surface area contributed by atoms with Crippen LogP contribution in [0.1, 0.15) is 36.8 Å². The lowest BCUT2D eigenvalue weighted by atomic mass is 10.0. The largest absolute Gasteiger partial charge is 0.352 e. The molecule has 41 heavy (non-hydrogen) atoms. The van der Waals surface area contributed by atoms with Gasteiger partial charge in [0, 0.05) is 24.6 Å². The van der Waals surface area contributed by atoms with Crippen LogP contribution >= 0.6 is 11.6 Å². The van der Waals surface area contributed by atoms with Gasteiger partial charge in [0.2, 0.25) is 21.8 Å². The fraction of sp³-hybridized carbons (Fsp3) is 0.333. The van der Waals surface area contributed by atoms with Crippen LogP contribution in [0, 0.1) is 11.6 Å². The van der Waals surface area contributed by atoms with Gasteiger partial charge in [0.1, 0.15) is 24.2 Å². The lowest BCUT2D eigenvalue weighted by Gasteiger charge is -2.34. The summed E-state index contributed by atoms with van der Waals surface area (Å²) >= 11 is 5.91. The first-order valence-electron chi connectivity index (χ1n) is 13.3. The SMILES string of the molecule is CS(=O)(=O)N(CC(=O)N(Cc1ccccc1F)[C@@H](Cc1ccccc1)C(=O)NC1CCCC1)c1ccc(F)c(Cl)c1. The number of amides is 2. The molecule has 3 aromatic carbocycles. The molecule has 0 unspecified atom stereocenters. The third-order valence-corrected chi connectivity index (χ3v) is 8.57. The van der Waals surface area contributed by atoms with Gasteiger partial charge in [-0.25, -0.2) is 17.2 Å². The molecule has 0 spiro atoms. The van der Waals surface area contributed by atoms with Gasteiger partial charge >= 0.3 is 0 Å². The Balaban J connectivity index is 1.74. The van der Waals surface area contributed by atoms with E-state index in [1.165, 1.54) is 29.2 Å². The monoisotopic (exact) mass is 603 g/mol. The van der Waals surface area contributed by atoms with E-state index >= 15 is 0 Å². The summed E-state index contributed by atoms with van der Waals surface area (Å²) in [4.78, 5) is 29.0. The zero-order valence-corrected chi connectivity index (χ0v) is 24.2. The van der Waals surface area contributed by atoms with Crippen LogP contribution in [-0.2, 0) is 32.6 Å². The molecule has 1 N–H and O–H groups in total. The Bertz CT molecular complexity index is 1480. The summed E-state index contributed by atoms with van der Waals surface area (Å²) in [5, 5.41) is 2.73. The van der Waals surface area contributed by atoms with Crippen molar-refractivity contribution in [2.45, 2.75) is 50.7 Å². The summed E-state index contributed by atoms with van der Waals surface area (Å²) in [7, 11) is -4.05. The minimum Gasteiger partial charge on any atom is -0.352 e. The molecule has 11 heteroatoms. The number of halogens is 3. The lowest BCUT2D eigenvalue weighted by Crippen LogP contribution is -2.54. The topological polar surface area (TPSA) is 86.8 Å². The number of sulfonamides is 1. The van der Waals surface area contributed by atoms with Crippen LogP contribution in [0.4, 0.5) is 14.5 Å². The normalized spacial score (nSPS) is 14.4. The van der Waals surface area contributed by atoms with Crippen LogP contribution in [0.3, 0.4) is 0 Å². The van der Waals surface area contributed by atoms with Gasteiger partial charge < -0.3 is 10.2 Å². The molecule has 0 aliphatic heterocycles. The number of nitrogens with one attached hydrogen (secondary N) is 1. The van der Waals surface area contributed by atoms with E-state index in [1.54, 1.807) is 6.07 Å².